The number of nitrogens with one attached hydrogen (secondary N) is 1. The van der Waals surface area contributed by atoms with E-state index in [0.29, 0.717) is 11.2 Å². The first-order valence-electron chi connectivity index (χ1n) is 11.6. The Morgan fingerprint density at radius 2 is 1.85 bits per heavy atom. The standard InChI is InChI=1S/C26H30N4O2S/c1-31-19-13-14-21(23(17-19)32-2)30-25(24(28-26(30)33)20-11-6-7-15-27-20)22-12-8-16-29(22)18-9-4-3-5-10-18/h6-8,11-18,24-25H,3-5,9-10H2,1-2H3,(H,28,33)/t24-,25+/m0/s1. The van der Waals surface area contributed by atoms with Crippen LogP contribution in [-0.4, -0.2) is 28.9 Å². The van der Waals surface area contributed by atoms with E-state index in [9.17, 15) is 0 Å². The van der Waals surface area contributed by atoms with Gasteiger partial charge in [-0.25, -0.2) is 0 Å². The smallest absolute Gasteiger partial charge is 0.174 e. The number of anilines is 1. The number of methoxy groups -OCH3 is 2. The summed E-state index contributed by atoms with van der Waals surface area (Å²) in [6, 6.07) is 16.7. The second-order valence-corrected chi connectivity index (χ2v) is 9.05. The van der Waals surface area contributed by atoms with Gasteiger partial charge in [0.05, 0.1) is 31.6 Å². The van der Waals surface area contributed by atoms with Crippen LogP contribution >= 0.6 is 12.2 Å². The van der Waals surface area contributed by atoms with Gasteiger partial charge in [0, 0.05) is 30.2 Å². The van der Waals surface area contributed by atoms with Crippen LogP contribution in [0.3, 0.4) is 0 Å². The van der Waals surface area contributed by atoms with Crippen molar-refractivity contribution in [3.63, 3.8) is 0 Å². The first kappa shape index (κ1) is 21.8. The number of rotatable bonds is 6. The highest BCUT2D eigenvalue weighted by atomic mass is 32.1. The monoisotopic (exact) mass is 462 g/mol. The highest BCUT2D eigenvalue weighted by Crippen LogP contribution is 2.46. The van der Waals surface area contributed by atoms with Gasteiger partial charge >= 0.3 is 0 Å². The van der Waals surface area contributed by atoms with E-state index in [1.807, 2.05) is 36.5 Å². The summed E-state index contributed by atoms with van der Waals surface area (Å²) < 4.78 is 13.7. The van der Waals surface area contributed by atoms with Gasteiger partial charge < -0.3 is 24.3 Å². The van der Waals surface area contributed by atoms with E-state index in [0.717, 1.165) is 22.9 Å². The summed E-state index contributed by atoms with van der Waals surface area (Å²) >= 11 is 5.91. The van der Waals surface area contributed by atoms with Gasteiger partial charge in [-0.2, -0.15) is 0 Å². The minimum Gasteiger partial charge on any atom is -0.497 e. The topological polar surface area (TPSA) is 51.5 Å². The second kappa shape index (κ2) is 9.43. The van der Waals surface area contributed by atoms with E-state index < -0.39 is 0 Å². The van der Waals surface area contributed by atoms with E-state index in [2.05, 4.69) is 44.2 Å². The van der Waals surface area contributed by atoms with Crippen LogP contribution in [0.1, 0.15) is 61.6 Å². The summed E-state index contributed by atoms with van der Waals surface area (Å²) in [6.07, 6.45) is 10.4. The average molecular weight is 463 g/mol. The molecule has 0 bridgehead atoms. The molecule has 0 spiro atoms. The minimum atomic E-state index is -0.0808. The fourth-order valence-corrected chi connectivity index (χ4v) is 5.59. The zero-order valence-electron chi connectivity index (χ0n) is 19.1. The lowest BCUT2D eigenvalue weighted by molar-refractivity contribution is 0.339. The Morgan fingerprint density at radius 1 is 1.00 bits per heavy atom. The fourth-order valence-electron chi connectivity index (χ4n) is 5.25. The van der Waals surface area contributed by atoms with E-state index >= 15 is 0 Å². The minimum absolute atomic E-state index is 0.0633. The SMILES string of the molecule is COc1ccc(N2C(=S)N[C@@H](c3ccccn3)[C@H]2c2cccn2C2CCCCC2)c(OC)c1. The van der Waals surface area contributed by atoms with Gasteiger partial charge in [0.1, 0.15) is 17.5 Å². The predicted molar refractivity (Wildman–Crippen MR) is 134 cm³/mol. The summed E-state index contributed by atoms with van der Waals surface area (Å²) in [7, 11) is 3.34. The van der Waals surface area contributed by atoms with Crippen molar-refractivity contribution in [3.05, 3.63) is 72.3 Å². The van der Waals surface area contributed by atoms with Gasteiger partial charge in [-0.15, -0.1) is 0 Å². The van der Waals surface area contributed by atoms with Crippen LogP contribution < -0.4 is 19.7 Å². The summed E-state index contributed by atoms with van der Waals surface area (Å²) in [5.41, 5.74) is 3.12. The molecule has 6 nitrogen and oxygen atoms in total. The van der Waals surface area contributed by atoms with Crippen LogP contribution in [0.4, 0.5) is 5.69 Å². The van der Waals surface area contributed by atoms with Gasteiger partial charge in [0.25, 0.3) is 0 Å². The first-order chi connectivity index (χ1) is 16.2. The molecule has 1 saturated carbocycles. The molecule has 2 aliphatic rings. The van der Waals surface area contributed by atoms with Crippen LogP contribution in [-0.2, 0) is 0 Å². The van der Waals surface area contributed by atoms with Crippen molar-refractivity contribution in [2.24, 2.45) is 0 Å². The van der Waals surface area contributed by atoms with Gasteiger partial charge in [-0.3, -0.25) is 4.98 Å². The average Bonchev–Trinajstić information content (AvgIpc) is 3.49. The molecule has 5 rings (SSSR count). The van der Waals surface area contributed by atoms with E-state index in [1.54, 1.807) is 14.2 Å². The Morgan fingerprint density at radius 3 is 2.58 bits per heavy atom. The molecule has 3 heterocycles. The van der Waals surface area contributed by atoms with E-state index in [4.69, 9.17) is 21.7 Å². The molecule has 1 aliphatic carbocycles. The number of benzene rings is 1. The van der Waals surface area contributed by atoms with E-state index in [-0.39, 0.29) is 12.1 Å². The Hall–Kier alpha value is -3.06. The number of ether oxygens (including phenoxy) is 2. The zero-order chi connectivity index (χ0) is 22.8. The van der Waals surface area contributed by atoms with Crippen molar-refractivity contribution in [1.82, 2.24) is 14.9 Å². The number of nitrogens with zero attached hydrogens (tertiary/aromatic N) is 3. The van der Waals surface area contributed by atoms with Gasteiger partial charge in [-0.1, -0.05) is 25.3 Å². The summed E-state index contributed by atoms with van der Waals surface area (Å²) in [5, 5.41) is 4.22. The zero-order valence-corrected chi connectivity index (χ0v) is 19.9. The normalized spacial score (nSPS) is 21.2. The van der Waals surface area contributed by atoms with Crippen molar-refractivity contribution in [2.45, 2.75) is 50.2 Å². The molecule has 172 valence electrons. The Balaban J connectivity index is 1.63. The lowest BCUT2D eigenvalue weighted by atomic mass is 9.94. The molecule has 2 aromatic heterocycles. The van der Waals surface area contributed by atoms with E-state index in [1.165, 1.54) is 37.8 Å². The van der Waals surface area contributed by atoms with Crippen LogP contribution in [0.5, 0.6) is 11.5 Å². The van der Waals surface area contributed by atoms with Crippen molar-refractivity contribution >= 4 is 23.0 Å². The summed E-state index contributed by atoms with van der Waals surface area (Å²) in [4.78, 5) is 6.87. The Kier molecular flexibility index (Phi) is 6.22. The highest BCUT2D eigenvalue weighted by molar-refractivity contribution is 7.80. The lowest BCUT2D eigenvalue weighted by Crippen LogP contribution is -2.31. The molecule has 0 unspecified atom stereocenters. The van der Waals surface area contributed by atoms with Crippen molar-refractivity contribution in [3.8, 4) is 11.5 Å². The molecule has 2 atom stereocenters. The molecule has 1 aliphatic heterocycles. The molecule has 7 heteroatoms. The first-order valence-corrected chi connectivity index (χ1v) is 12.0. The molecular weight excluding hydrogens is 432 g/mol. The van der Waals surface area contributed by atoms with Crippen LogP contribution in [0.15, 0.2) is 60.9 Å². The molecule has 1 saturated heterocycles. The maximum Gasteiger partial charge on any atom is 0.174 e. The Bertz CT molecular complexity index is 1110. The lowest BCUT2D eigenvalue weighted by Gasteiger charge is -2.33. The molecular formula is C26H30N4O2S. The van der Waals surface area contributed by atoms with Crippen LogP contribution in [0, 0.1) is 0 Å². The molecule has 2 fully saturated rings. The highest BCUT2D eigenvalue weighted by Gasteiger charge is 2.43. The maximum absolute atomic E-state index is 5.91. The molecule has 33 heavy (non-hydrogen) atoms. The molecule has 1 aromatic carbocycles. The van der Waals surface area contributed by atoms with Gasteiger partial charge in [-0.05, 0) is 61.5 Å². The van der Waals surface area contributed by atoms with Crippen molar-refractivity contribution < 1.29 is 9.47 Å². The molecule has 1 N–H and O–H groups in total. The van der Waals surface area contributed by atoms with Crippen LogP contribution in [0.2, 0.25) is 0 Å². The van der Waals surface area contributed by atoms with Gasteiger partial charge in [0.2, 0.25) is 0 Å². The third-order valence-electron chi connectivity index (χ3n) is 6.83. The third-order valence-corrected chi connectivity index (χ3v) is 7.14. The number of aromatic nitrogens is 2. The number of hydrogen-bond acceptors (Lipinski definition) is 4. The maximum atomic E-state index is 5.91. The Labute approximate surface area is 200 Å². The predicted octanol–water partition coefficient (Wildman–Crippen LogP) is 5.58. The number of pyridine rings is 1. The molecule has 0 radical (unpaired) electrons. The third kappa shape index (κ3) is 4.06. The van der Waals surface area contributed by atoms with Crippen LogP contribution in [0.25, 0.3) is 0 Å². The van der Waals surface area contributed by atoms with Gasteiger partial charge in [0.15, 0.2) is 5.11 Å². The summed E-state index contributed by atoms with van der Waals surface area (Å²) in [6.45, 7) is 0. The second-order valence-electron chi connectivity index (χ2n) is 8.67. The largest absolute Gasteiger partial charge is 0.497 e. The number of thiocarbonyl (C=S) groups is 1. The summed E-state index contributed by atoms with van der Waals surface area (Å²) in [5.74, 6) is 1.47. The quantitative estimate of drug-likeness (QED) is 0.483. The van der Waals surface area contributed by atoms with Crippen molar-refractivity contribution in [2.75, 3.05) is 19.1 Å². The number of hydrogen-bond donors (Lipinski definition) is 1. The molecule has 3 aromatic rings. The fraction of sp³-hybridized carbons (Fsp3) is 0.385. The van der Waals surface area contributed by atoms with Crippen molar-refractivity contribution in [1.29, 1.82) is 0 Å². The molecule has 0 amide bonds.